The predicted octanol–water partition coefficient (Wildman–Crippen LogP) is 1.78. The van der Waals surface area contributed by atoms with Gasteiger partial charge in [0.1, 0.15) is 4.21 Å². The summed E-state index contributed by atoms with van der Waals surface area (Å²) < 4.78 is 28.0. The minimum atomic E-state index is -3.70. The van der Waals surface area contributed by atoms with E-state index >= 15 is 0 Å². The summed E-state index contributed by atoms with van der Waals surface area (Å²) in [4.78, 5) is 13.2. The van der Waals surface area contributed by atoms with E-state index < -0.39 is 10.0 Å². The number of thioether (sulfide) groups is 1. The highest BCUT2D eigenvalue weighted by molar-refractivity contribution is 8.16. The van der Waals surface area contributed by atoms with Crippen LogP contribution in [0.4, 0.5) is 0 Å². The maximum atomic E-state index is 12.0. The number of carbonyl (C=O) groups excluding carboxylic acids is 1. The molecule has 0 radical (unpaired) electrons. The molecule has 1 aromatic heterocycles. The molecular formula is C10H12N2O3S3. The van der Waals surface area contributed by atoms with Gasteiger partial charge in [0.15, 0.2) is 5.17 Å². The third kappa shape index (κ3) is 2.45. The van der Waals surface area contributed by atoms with E-state index in [9.17, 15) is 13.2 Å². The van der Waals surface area contributed by atoms with Gasteiger partial charge in [-0.05, 0) is 25.3 Å². The lowest BCUT2D eigenvalue weighted by molar-refractivity contribution is -0.125. The lowest BCUT2D eigenvalue weighted by atomic mass is 10.4. The molecule has 8 heteroatoms. The first-order valence-corrected chi connectivity index (χ1v) is 8.52. The van der Waals surface area contributed by atoms with Gasteiger partial charge in [-0.25, -0.2) is 0 Å². The molecule has 1 amide bonds. The van der Waals surface area contributed by atoms with Crippen molar-refractivity contribution in [3.8, 4) is 0 Å². The van der Waals surface area contributed by atoms with E-state index in [1.807, 2.05) is 0 Å². The Kier molecular flexibility index (Phi) is 3.79. The van der Waals surface area contributed by atoms with E-state index in [1.54, 1.807) is 25.3 Å². The summed E-state index contributed by atoms with van der Waals surface area (Å²) in [7, 11) is -3.70. The summed E-state index contributed by atoms with van der Waals surface area (Å²) in [5, 5.41) is 1.67. The summed E-state index contributed by atoms with van der Waals surface area (Å²) in [6, 6.07) is 3.16. The van der Waals surface area contributed by atoms with Gasteiger partial charge >= 0.3 is 0 Å². The summed E-state index contributed by atoms with van der Waals surface area (Å²) in [5.74, 6) is -0.0948. The van der Waals surface area contributed by atoms with Crippen LogP contribution in [0, 0.1) is 0 Å². The molecule has 2 heterocycles. The number of rotatable bonds is 3. The van der Waals surface area contributed by atoms with Crippen LogP contribution in [0.1, 0.15) is 13.8 Å². The molecule has 0 saturated carbocycles. The van der Waals surface area contributed by atoms with Gasteiger partial charge in [0.2, 0.25) is 5.91 Å². The molecule has 1 unspecified atom stereocenters. The molecule has 5 nitrogen and oxygen atoms in total. The third-order valence-corrected chi connectivity index (χ3v) is 6.22. The fourth-order valence-corrected chi connectivity index (χ4v) is 4.72. The standard InChI is InChI=1S/C10H12N2O3S3/c1-3-12-9(13)7(2)17-10(12)11-18(14,15)8-5-4-6-16-8/h4-7H,3H2,1-2H3/b11-10+. The van der Waals surface area contributed by atoms with Crippen molar-refractivity contribution in [1.82, 2.24) is 4.90 Å². The lowest BCUT2D eigenvalue weighted by Gasteiger charge is -2.12. The minimum Gasteiger partial charge on any atom is -0.290 e. The minimum absolute atomic E-state index is 0.0948. The van der Waals surface area contributed by atoms with Crippen molar-refractivity contribution in [3.05, 3.63) is 17.5 Å². The van der Waals surface area contributed by atoms with Gasteiger partial charge in [0.25, 0.3) is 10.0 Å². The average molecular weight is 304 g/mol. The number of amides is 1. The van der Waals surface area contributed by atoms with E-state index in [0.29, 0.717) is 6.54 Å². The second-order valence-corrected chi connectivity index (χ2v) is 7.71. The molecule has 1 aromatic rings. The maximum absolute atomic E-state index is 12.0. The van der Waals surface area contributed by atoms with Crippen LogP contribution < -0.4 is 0 Å². The van der Waals surface area contributed by atoms with Gasteiger partial charge in [0, 0.05) is 6.54 Å². The van der Waals surface area contributed by atoms with Crippen LogP contribution in [0.15, 0.2) is 26.1 Å². The maximum Gasteiger partial charge on any atom is 0.294 e. The predicted molar refractivity (Wildman–Crippen MR) is 73.4 cm³/mol. The van der Waals surface area contributed by atoms with Crippen molar-refractivity contribution in [2.45, 2.75) is 23.3 Å². The van der Waals surface area contributed by atoms with Crippen molar-refractivity contribution < 1.29 is 13.2 Å². The van der Waals surface area contributed by atoms with Gasteiger partial charge in [-0.2, -0.15) is 8.42 Å². The van der Waals surface area contributed by atoms with Crippen LogP contribution in [0.2, 0.25) is 0 Å². The van der Waals surface area contributed by atoms with Gasteiger partial charge in [-0.3, -0.25) is 9.69 Å². The zero-order valence-corrected chi connectivity index (χ0v) is 12.3. The van der Waals surface area contributed by atoms with Crippen LogP contribution in [-0.4, -0.2) is 36.2 Å². The van der Waals surface area contributed by atoms with Crippen LogP contribution in [-0.2, 0) is 14.8 Å². The Bertz CT molecular complexity index is 578. The number of sulfonamides is 1. The first-order chi connectivity index (χ1) is 8.45. The van der Waals surface area contributed by atoms with Gasteiger partial charge in [-0.15, -0.1) is 15.7 Å². The first-order valence-electron chi connectivity index (χ1n) is 5.32. The van der Waals surface area contributed by atoms with Crippen molar-refractivity contribution in [1.29, 1.82) is 0 Å². The normalized spacial score (nSPS) is 23.0. The molecule has 0 aliphatic carbocycles. The number of amidine groups is 1. The Labute approximate surface area is 114 Å². The van der Waals surface area contributed by atoms with Gasteiger partial charge in [-0.1, -0.05) is 17.8 Å². The van der Waals surface area contributed by atoms with Crippen molar-refractivity contribution in [2.75, 3.05) is 6.54 Å². The molecule has 1 atom stereocenters. The molecular weight excluding hydrogens is 292 g/mol. The Balaban J connectivity index is 2.37. The smallest absolute Gasteiger partial charge is 0.290 e. The Hall–Kier alpha value is -0.860. The van der Waals surface area contributed by atoms with E-state index in [-0.39, 0.29) is 20.5 Å². The molecule has 98 valence electrons. The molecule has 1 fully saturated rings. The van der Waals surface area contributed by atoms with E-state index in [0.717, 1.165) is 11.3 Å². The SMILES string of the molecule is CCN1C(=O)C(C)S/C1=N/S(=O)(=O)c1cccs1. The lowest BCUT2D eigenvalue weighted by Crippen LogP contribution is -2.31. The van der Waals surface area contributed by atoms with Crippen LogP contribution >= 0.6 is 23.1 Å². The van der Waals surface area contributed by atoms with Crippen LogP contribution in [0.3, 0.4) is 0 Å². The molecule has 1 aliphatic heterocycles. The van der Waals surface area contributed by atoms with Crippen molar-refractivity contribution in [2.24, 2.45) is 4.40 Å². The number of carbonyl (C=O) groups is 1. The fourth-order valence-electron chi connectivity index (χ4n) is 1.51. The van der Waals surface area contributed by atoms with E-state index in [2.05, 4.69) is 4.40 Å². The summed E-state index contributed by atoms with van der Waals surface area (Å²) in [6.45, 7) is 3.97. The number of hydrogen-bond donors (Lipinski definition) is 0. The summed E-state index contributed by atoms with van der Waals surface area (Å²) in [6.07, 6.45) is 0. The van der Waals surface area contributed by atoms with E-state index in [1.165, 1.54) is 22.7 Å². The first kappa shape index (κ1) is 13.6. The van der Waals surface area contributed by atoms with Gasteiger partial charge < -0.3 is 0 Å². The molecule has 0 N–H and O–H groups in total. The zero-order valence-electron chi connectivity index (χ0n) is 9.86. The quantitative estimate of drug-likeness (QED) is 0.853. The second-order valence-electron chi connectivity index (χ2n) is 3.62. The van der Waals surface area contributed by atoms with Crippen LogP contribution in [0.25, 0.3) is 0 Å². The fraction of sp³-hybridized carbons (Fsp3) is 0.400. The third-order valence-electron chi connectivity index (χ3n) is 2.39. The van der Waals surface area contributed by atoms with Crippen molar-refractivity contribution in [3.63, 3.8) is 0 Å². The second kappa shape index (κ2) is 5.02. The highest BCUT2D eigenvalue weighted by atomic mass is 32.2. The topological polar surface area (TPSA) is 66.8 Å². The zero-order chi connectivity index (χ0) is 13.3. The molecule has 0 spiro atoms. The van der Waals surface area contributed by atoms with Crippen LogP contribution in [0.5, 0.6) is 0 Å². The molecule has 1 aliphatic rings. The molecule has 0 aromatic carbocycles. The van der Waals surface area contributed by atoms with Crippen molar-refractivity contribution >= 4 is 44.2 Å². The Morgan fingerprint density at radius 2 is 2.22 bits per heavy atom. The molecule has 2 rings (SSSR count). The Morgan fingerprint density at radius 1 is 1.50 bits per heavy atom. The largest absolute Gasteiger partial charge is 0.294 e. The molecule has 0 bridgehead atoms. The van der Waals surface area contributed by atoms with E-state index in [4.69, 9.17) is 0 Å². The Morgan fingerprint density at radius 3 is 2.78 bits per heavy atom. The molecule has 1 saturated heterocycles. The average Bonchev–Trinajstić information content (AvgIpc) is 2.89. The number of nitrogens with zero attached hydrogens (tertiary/aromatic N) is 2. The monoisotopic (exact) mass is 304 g/mol. The highest BCUT2D eigenvalue weighted by Crippen LogP contribution is 2.29. The molecule has 18 heavy (non-hydrogen) atoms. The summed E-state index contributed by atoms with van der Waals surface area (Å²) >= 11 is 2.30. The number of thiophene rings is 1. The number of hydrogen-bond acceptors (Lipinski definition) is 5. The highest BCUT2D eigenvalue weighted by Gasteiger charge is 2.35. The summed E-state index contributed by atoms with van der Waals surface area (Å²) in [5.41, 5.74) is 0. The van der Waals surface area contributed by atoms with Gasteiger partial charge in [0.05, 0.1) is 5.25 Å².